The number of nitrogens with zero attached hydrogens (tertiary/aromatic N) is 1. The number of carbonyl (C=O) groups is 3. The van der Waals surface area contributed by atoms with Crippen LogP contribution in [0.4, 0.5) is 0 Å². The van der Waals surface area contributed by atoms with Gasteiger partial charge in [-0.1, -0.05) is 30.3 Å². The summed E-state index contributed by atoms with van der Waals surface area (Å²) in [6, 6.07) is 8.51. The number of carbonyl (C=O) groups excluding carboxylic acids is 2. The molecule has 2 fully saturated rings. The summed E-state index contributed by atoms with van der Waals surface area (Å²) in [5, 5.41) is 15.6. The summed E-state index contributed by atoms with van der Waals surface area (Å²) in [6.45, 7) is 1.84. The van der Waals surface area contributed by atoms with Crippen molar-refractivity contribution in [2.24, 2.45) is 0 Å². The summed E-state index contributed by atoms with van der Waals surface area (Å²) in [5.41, 5.74) is 0.0522. The molecule has 0 saturated carbocycles. The van der Waals surface area contributed by atoms with Crippen LogP contribution in [0.1, 0.15) is 37.7 Å². The van der Waals surface area contributed by atoms with Gasteiger partial charge in [0.2, 0.25) is 11.8 Å². The fourth-order valence-corrected chi connectivity index (χ4v) is 4.89. The Morgan fingerprint density at radius 2 is 1.97 bits per heavy atom. The number of rotatable bonds is 8. The maximum atomic E-state index is 13.4. The van der Waals surface area contributed by atoms with E-state index in [9.17, 15) is 19.5 Å². The van der Waals surface area contributed by atoms with Gasteiger partial charge < -0.3 is 20.6 Å². The Morgan fingerprint density at radius 1 is 1.27 bits per heavy atom. The Balaban J connectivity index is 1.77. The molecule has 2 aliphatic heterocycles. The van der Waals surface area contributed by atoms with Crippen molar-refractivity contribution in [3.05, 3.63) is 35.9 Å². The molecule has 0 bridgehead atoms. The first-order valence-electron chi connectivity index (χ1n) is 10.6. The third-order valence-electron chi connectivity index (χ3n) is 6.26. The van der Waals surface area contributed by atoms with Crippen molar-refractivity contribution in [1.29, 1.82) is 0 Å². The molecule has 0 aliphatic carbocycles. The van der Waals surface area contributed by atoms with Crippen molar-refractivity contribution in [3.63, 3.8) is 0 Å². The number of hydrogen-bond acceptors (Lipinski definition) is 5. The van der Waals surface area contributed by atoms with Gasteiger partial charge in [0.1, 0.15) is 6.04 Å². The zero-order valence-electron chi connectivity index (χ0n) is 17.4. The number of amides is 2. The molecule has 2 amide bonds. The van der Waals surface area contributed by atoms with E-state index in [1.807, 2.05) is 41.5 Å². The minimum Gasteiger partial charge on any atom is -0.480 e. The van der Waals surface area contributed by atoms with Crippen LogP contribution in [0, 0.1) is 0 Å². The summed E-state index contributed by atoms with van der Waals surface area (Å²) >= 11 is 1.56. The quantitative estimate of drug-likeness (QED) is 0.576. The van der Waals surface area contributed by atoms with E-state index in [4.69, 9.17) is 0 Å². The first-order valence-corrected chi connectivity index (χ1v) is 12.0. The minimum absolute atomic E-state index is 0.109. The van der Waals surface area contributed by atoms with E-state index < -0.39 is 17.4 Å². The fourth-order valence-electron chi connectivity index (χ4n) is 4.42. The summed E-state index contributed by atoms with van der Waals surface area (Å²) in [4.78, 5) is 39.7. The molecule has 8 heteroatoms. The van der Waals surface area contributed by atoms with Crippen molar-refractivity contribution in [2.75, 3.05) is 31.6 Å². The van der Waals surface area contributed by atoms with Crippen LogP contribution in [-0.2, 0) is 19.8 Å². The van der Waals surface area contributed by atoms with Crippen molar-refractivity contribution in [3.8, 4) is 0 Å². The van der Waals surface area contributed by atoms with E-state index >= 15 is 0 Å². The fraction of sp³-hybridized carbons (Fsp3) is 0.591. The lowest BCUT2D eigenvalue weighted by molar-refractivity contribution is -0.144. The first kappa shape index (κ1) is 22.6. The van der Waals surface area contributed by atoms with Gasteiger partial charge in [-0.3, -0.25) is 9.59 Å². The molecule has 0 unspecified atom stereocenters. The van der Waals surface area contributed by atoms with Crippen molar-refractivity contribution in [2.45, 2.75) is 49.6 Å². The molecule has 7 nitrogen and oxygen atoms in total. The number of carboxylic acids is 1. The van der Waals surface area contributed by atoms with E-state index in [0.717, 1.165) is 24.9 Å². The molecule has 3 rings (SSSR count). The van der Waals surface area contributed by atoms with Crippen LogP contribution in [0.3, 0.4) is 0 Å². The molecule has 1 aromatic carbocycles. The van der Waals surface area contributed by atoms with Crippen LogP contribution in [0.15, 0.2) is 30.3 Å². The van der Waals surface area contributed by atoms with Gasteiger partial charge >= 0.3 is 5.97 Å². The standard InChI is InChI=1S/C22H31N3O4S/c1-30-15-9-18(20(27)28)24-21(29)22(16-6-3-2-4-7-16)10-13-25(14-11-22)19(26)17-8-5-12-23-17/h2-4,6-7,17-18,23H,5,8-15H2,1H3,(H,24,29)(H,27,28)/t17-,18+/m0/s1. The van der Waals surface area contributed by atoms with Gasteiger partial charge in [-0.15, -0.1) is 0 Å². The van der Waals surface area contributed by atoms with Gasteiger partial charge in [0.25, 0.3) is 0 Å². The molecule has 2 heterocycles. The lowest BCUT2D eigenvalue weighted by atomic mass is 9.71. The van der Waals surface area contributed by atoms with Crippen LogP contribution < -0.4 is 10.6 Å². The Bertz CT molecular complexity index is 744. The molecule has 2 aliphatic rings. The molecular weight excluding hydrogens is 402 g/mol. The minimum atomic E-state index is -1.01. The highest BCUT2D eigenvalue weighted by Crippen LogP contribution is 2.36. The van der Waals surface area contributed by atoms with E-state index in [0.29, 0.717) is 38.1 Å². The van der Waals surface area contributed by atoms with Crippen LogP contribution in [0.2, 0.25) is 0 Å². The number of thioether (sulfide) groups is 1. The average molecular weight is 434 g/mol. The van der Waals surface area contributed by atoms with Crippen LogP contribution >= 0.6 is 11.8 Å². The summed E-state index contributed by atoms with van der Waals surface area (Å²) in [5.74, 6) is -0.501. The van der Waals surface area contributed by atoms with Crippen LogP contribution in [0.25, 0.3) is 0 Å². The second-order valence-electron chi connectivity index (χ2n) is 8.07. The smallest absolute Gasteiger partial charge is 0.326 e. The molecular formula is C22H31N3O4S. The van der Waals surface area contributed by atoms with Gasteiger partial charge in [0.15, 0.2) is 0 Å². The summed E-state index contributed by atoms with van der Waals surface area (Å²) < 4.78 is 0. The highest BCUT2D eigenvalue weighted by molar-refractivity contribution is 7.98. The van der Waals surface area contributed by atoms with E-state index in [2.05, 4.69) is 10.6 Å². The van der Waals surface area contributed by atoms with Gasteiger partial charge in [0, 0.05) is 13.1 Å². The van der Waals surface area contributed by atoms with E-state index in [-0.39, 0.29) is 17.9 Å². The molecule has 0 radical (unpaired) electrons. The number of aliphatic carboxylic acids is 1. The predicted octanol–water partition coefficient (Wildman–Crippen LogP) is 1.62. The zero-order valence-corrected chi connectivity index (χ0v) is 18.2. The number of carboxylic acid groups (broad SMARTS) is 1. The first-order chi connectivity index (χ1) is 14.5. The third-order valence-corrected chi connectivity index (χ3v) is 6.91. The third kappa shape index (κ3) is 4.98. The molecule has 2 saturated heterocycles. The highest BCUT2D eigenvalue weighted by atomic mass is 32.2. The lowest BCUT2D eigenvalue weighted by Crippen LogP contribution is -2.57. The SMILES string of the molecule is CSCC[C@@H](NC(=O)C1(c2ccccc2)CCN(C(=O)[C@@H]2CCCN2)CC1)C(=O)O. The Hall–Kier alpha value is -2.06. The average Bonchev–Trinajstić information content (AvgIpc) is 3.31. The lowest BCUT2D eigenvalue weighted by Gasteiger charge is -2.42. The summed E-state index contributed by atoms with van der Waals surface area (Å²) in [7, 11) is 0. The summed E-state index contributed by atoms with van der Waals surface area (Å²) in [6.07, 6.45) is 5.12. The van der Waals surface area contributed by atoms with Crippen LogP contribution in [-0.4, -0.2) is 71.5 Å². The molecule has 3 N–H and O–H groups in total. The molecule has 0 aromatic heterocycles. The van der Waals surface area contributed by atoms with Gasteiger partial charge in [-0.2, -0.15) is 11.8 Å². The number of hydrogen-bond donors (Lipinski definition) is 3. The number of nitrogens with one attached hydrogen (secondary N) is 2. The van der Waals surface area contributed by atoms with Gasteiger partial charge in [-0.25, -0.2) is 4.79 Å². The number of piperidine rings is 1. The van der Waals surface area contributed by atoms with Gasteiger partial charge in [0.05, 0.1) is 11.5 Å². The molecule has 0 spiro atoms. The molecule has 164 valence electrons. The Morgan fingerprint density at radius 3 is 2.53 bits per heavy atom. The second-order valence-corrected chi connectivity index (χ2v) is 9.05. The van der Waals surface area contributed by atoms with Crippen molar-refractivity contribution in [1.82, 2.24) is 15.5 Å². The Labute approximate surface area is 182 Å². The van der Waals surface area contributed by atoms with Crippen molar-refractivity contribution < 1.29 is 19.5 Å². The topological polar surface area (TPSA) is 98.7 Å². The maximum absolute atomic E-state index is 13.4. The normalized spacial score (nSPS) is 21.8. The zero-order chi connectivity index (χ0) is 21.6. The highest BCUT2D eigenvalue weighted by Gasteiger charge is 2.45. The van der Waals surface area contributed by atoms with E-state index in [1.165, 1.54) is 0 Å². The second kappa shape index (κ2) is 10.3. The van der Waals surface area contributed by atoms with Crippen molar-refractivity contribution >= 4 is 29.5 Å². The van der Waals surface area contributed by atoms with Gasteiger partial charge in [-0.05, 0) is 56.2 Å². The molecule has 30 heavy (non-hydrogen) atoms. The van der Waals surface area contributed by atoms with Crippen LogP contribution in [0.5, 0.6) is 0 Å². The monoisotopic (exact) mass is 433 g/mol. The number of benzene rings is 1. The maximum Gasteiger partial charge on any atom is 0.326 e. The largest absolute Gasteiger partial charge is 0.480 e. The predicted molar refractivity (Wildman–Crippen MR) is 118 cm³/mol. The molecule has 1 aromatic rings. The number of likely N-dealkylation sites (tertiary alicyclic amines) is 1. The molecule has 2 atom stereocenters. The Kier molecular flexibility index (Phi) is 7.77. The van der Waals surface area contributed by atoms with E-state index in [1.54, 1.807) is 11.8 Å².